The van der Waals surface area contributed by atoms with E-state index in [1.165, 1.54) is 42.5 Å². The molecule has 0 unspecified atom stereocenters. The molecule has 0 saturated heterocycles. The number of rotatable bonds is 4. The lowest BCUT2D eigenvalue weighted by atomic mass is 10.2. The van der Waals surface area contributed by atoms with Crippen molar-refractivity contribution in [1.29, 1.82) is 0 Å². The minimum atomic E-state index is -0.599. The van der Waals surface area contributed by atoms with E-state index in [9.17, 15) is 14.0 Å². The Morgan fingerprint density at radius 1 is 1.25 bits per heavy atom. The minimum absolute atomic E-state index is 0.0741. The van der Waals surface area contributed by atoms with Crippen molar-refractivity contribution in [3.8, 4) is 5.75 Å². The van der Waals surface area contributed by atoms with Crippen molar-refractivity contribution in [3.05, 3.63) is 66.8 Å². The number of aliphatic imine (C=N–C) groups is 1. The molecule has 3 N–H and O–H groups in total. The molecule has 28 heavy (non-hydrogen) atoms. The maximum absolute atomic E-state index is 13.6. The molecule has 0 bridgehead atoms. The van der Waals surface area contributed by atoms with Gasteiger partial charge in [0.2, 0.25) is 5.96 Å². The lowest BCUT2D eigenvalue weighted by molar-refractivity contribution is 0.0821. The van der Waals surface area contributed by atoms with E-state index in [1.807, 2.05) is 0 Å². The van der Waals surface area contributed by atoms with Crippen LogP contribution >= 0.6 is 0 Å². The van der Waals surface area contributed by atoms with Crippen molar-refractivity contribution in [2.75, 3.05) is 21.2 Å². The number of carbonyl (C=O) groups is 2. The van der Waals surface area contributed by atoms with Crippen LogP contribution < -0.4 is 15.8 Å². The van der Waals surface area contributed by atoms with Crippen molar-refractivity contribution in [2.45, 2.75) is 0 Å². The van der Waals surface area contributed by atoms with E-state index in [-0.39, 0.29) is 34.6 Å². The predicted molar refractivity (Wildman–Crippen MR) is 105 cm³/mol. The van der Waals surface area contributed by atoms with Crippen molar-refractivity contribution in [2.24, 2.45) is 10.7 Å². The fraction of sp³-hybridized carbons (Fsp3) is 0.158. The first kappa shape index (κ1) is 22.3. The molecule has 0 aliphatic rings. The van der Waals surface area contributed by atoms with Gasteiger partial charge in [-0.2, -0.15) is 0 Å². The highest BCUT2D eigenvalue weighted by atomic mass is 19.1. The molecule has 1 heterocycles. The summed E-state index contributed by atoms with van der Waals surface area (Å²) in [5, 5.41) is 2.36. The fourth-order valence-electron chi connectivity index (χ4n) is 1.96. The number of nitrogens with two attached hydrogens (primary N) is 1. The van der Waals surface area contributed by atoms with Crippen LogP contribution in [-0.4, -0.2) is 48.9 Å². The van der Waals surface area contributed by atoms with Crippen LogP contribution in [0.2, 0.25) is 0 Å². The Labute approximate surface area is 162 Å². The summed E-state index contributed by atoms with van der Waals surface area (Å²) >= 11 is 0. The van der Waals surface area contributed by atoms with Crippen LogP contribution in [0.1, 0.15) is 20.8 Å². The Balaban J connectivity index is 0.00000190. The number of benzene rings is 1. The molecule has 0 radical (unpaired) electrons. The average molecular weight is 387 g/mol. The largest absolute Gasteiger partial charge is 0.494 e. The maximum atomic E-state index is 13.6. The molecular weight excluding hydrogens is 365 g/mol. The Morgan fingerprint density at radius 2 is 1.93 bits per heavy atom. The van der Waals surface area contributed by atoms with Gasteiger partial charge in [0.1, 0.15) is 5.69 Å². The second-order valence-electron chi connectivity index (χ2n) is 5.40. The summed E-state index contributed by atoms with van der Waals surface area (Å²) in [4.78, 5) is 33.1. The zero-order valence-electron chi connectivity index (χ0n) is 15.9. The van der Waals surface area contributed by atoms with E-state index in [0.717, 1.165) is 6.07 Å². The molecule has 2 amide bonds. The molecule has 1 aromatic heterocycles. The van der Waals surface area contributed by atoms with Gasteiger partial charge in [0.25, 0.3) is 11.8 Å². The second-order valence-corrected chi connectivity index (χ2v) is 5.40. The van der Waals surface area contributed by atoms with Gasteiger partial charge in [-0.05, 0) is 24.3 Å². The molecule has 0 atom stereocenters. The molecule has 1 aromatic carbocycles. The van der Waals surface area contributed by atoms with E-state index in [4.69, 9.17) is 10.5 Å². The van der Waals surface area contributed by atoms with Crippen LogP contribution in [0.3, 0.4) is 0 Å². The first-order chi connectivity index (χ1) is 13.3. The monoisotopic (exact) mass is 387 g/mol. The summed E-state index contributed by atoms with van der Waals surface area (Å²) in [6.45, 7) is 6.00. The van der Waals surface area contributed by atoms with Gasteiger partial charge in [-0.3, -0.25) is 19.9 Å². The van der Waals surface area contributed by atoms with E-state index < -0.39 is 11.7 Å². The van der Waals surface area contributed by atoms with Gasteiger partial charge >= 0.3 is 0 Å². The molecule has 8 nitrogen and oxygen atoms in total. The Kier molecular flexibility index (Phi) is 8.29. The number of hydrogen-bond donors (Lipinski definition) is 2. The number of carbonyl (C=O) groups excluding carboxylic acids is 2. The molecule has 0 aliphatic carbocycles. The summed E-state index contributed by atoms with van der Waals surface area (Å²) in [6.07, 6.45) is 1.26. The van der Waals surface area contributed by atoms with Crippen molar-refractivity contribution in [1.82, 2.24) is 15.2 Å². The summed E-state index contributed by atoms with van der Waals surface area (Å²) < 4.78 is 18.4. The zero-order valence-corrected chi connectivity index (χ0v) is 15.9. The number of ether oxygens (including phenoxy) is 1. The molecule has 2 rings (SSSR count). The molecule has 9 heteroatoms. The van der Waals surface area contributed by atoms with Crippen LogP contribution in [0.25, 0.3) is 0 Å². The number of halogens is 1. The fourth-order valence-corrected chi connectivity index (χ4v) is 1.96. The maximum Gasteiger partial charge on any atom is 0.271 e. The first-order valence-electron chi connectivity index (χ1n) is 7.98. The van der Waals surface area contributed by atoms with Gasteiger partial charge in [-0.25, -0.2) is 9.38 Å². The number of nitrogens with one attached hydrogen (secondary N) is 1. The highest BCUT2D eigenvalue weighted by Crippen LogP contribution is 2.22. The third kappa shape index (κ3) is 5.90. The summed E-state index contributed by atoms with van der Waals surface area (Å²) in [7, 11) is 4.55. The van der Waals surface area contributed by atoms with Crippen molar-refractivity contribution < 1.29 is 18.7 Å². The molecule has 148 valence electrons. The number of amides is 2. The molecule has 2 aromatic rings. The Bertz CT molecular complexity index is 866. The van der Waals surface area contributed by atoms with E-state index in [1.54, 1.807) is 14.1 Å². The van der Waals surface area contributed by atoms with Crippen LogP contribution in [0, 0.1) is 5.82 Å². The van der Waals surface area contributed by atoms with Gasteiger partial charge in [0.05, 0.1) is 18.4 Å². The zero-order chi connectivity index (χ0) is 21.3. The molecule has 0 spiro atoms. The van der Waals surface area contributed by atoms with Crippen LogP contribution in [0.4, 0.5) is 10.1 Å². The highest BCUT2D eigenvalue weighted by molar-refractivity contribution is 6.05. The molecular formula is C19H22FN5O3. The number of aromatic nitrogens is 1. The van der Waals surface area contributed by atoms with Gasteiger partial charge in [0, 0.05) is 26.4 Å². The quantitative estimate of drug-likeness (QED) is 0.474. The standard InChI is InChI=1S/C17H18FN5O3.C2H4/c1-23(2)16(25)13-6-4-10(9-20-13)15(24)22-17(19)21-11-5-7-14(26-3)12(18)8-11;1-2/h4-9H,1-3H3,(H3,19,21,22,24);1-2H2. The smallest absolute Gasteiger partial charge is 0.271 e. The van der Waals surface area contributed by atoms with Crippen molar-refractivity contribution >= 4 is 23.5 Å². The SMILES string of the molecule is C=C.COc1ccc(N=C(N)NC(=O)c2ccc(C(=O)N(C)C)nc2)cc1F. The number of pyridine rings is 1. The van der Waals surface area contributed by atoms with Gasteiger partial charge in [-0.15, -0.1) is 13.2 Å². The van der Waals surface area contributed by atoms with Gasteiger partial charge in [0.15, 0.2) is 11.6 Å². The topological polar surface area (TPSA) is 110 Å². The van der Waals surface area contributed by atoms with Crippen LogP contribution in [-0.2, 0) is 0 Å². The first-order valence-corrected chi connectivity index (χ1v) is 7.98. The van der Waals surface area contributed by atoms with Crippen molar-refractivity contribution in [3.63, 3.8) is 0 Å². The summed E-state index contributed by atoms with van der Waals surface area (Å²) in [5.41, 5.74) is 6.28. The number of guanidine groups is 1. The number of methoxy groups -OCH3 is 1. The minimum Gasteiger partial charge on any atom is -0.494 e. The average Bonchev–Trinajstić information content (AvgIpc) is 2.69. The summed E-state index contributed by atoms with van der Waals surface area (Å²) in [5.74, 6) is -1.58. The number of nitrogens with zero attached hydrogens (tertiary/aromatic N) is 3. The second kappa shape index (κ2) is 10.4. The van der Waals surface area contributed by atoms with Crippen LogP contribution in [0.5, 0.6) is 5.75 Å². The summed E-state index contributed by atoms with van der Waals surface area (Å²) in [6, 6.07) is 6.89. The molecule has 0 aliphatic heterocycles. The van der Waals surface area contributed by atoms with Gasteiger partial charge < -0.3 is 15.4 Å². The number of hydrogen-bond acceptors (Lipinski definition) is 5. The van der Waals surface area contributed by atoms with E-state index in [0.29, 0.717) is 0 Å². The molecule has 0 fully saturated rings. The lowest BCUT2D eigenvalue weighted by Gasteiger charge is -2.09. The third-order valence-corrected chi connectivity index (χ3v) is 3.28. The Hall–Kier alpha value is -3.75. The molecule has 0 saturated carbocycles. The third-order valence-electron chi connectivity index (χ3n) is 3.28. The predicted octanol–water partition coefficient (Wildman–Crippen LogP) is 2.11. The lowest BCUT2D eigenvalue weighted by Crippen LogP contribution is -2.36. The van der Waals surface area contributed by atoms with Gasteiger partial charge in [-0.1, -0.05) is 0 Å². The van der Waals surface area contributed by atoms with E-state index >= 15 is 0 Å². The van der Waals surface area contributed by atoms with E-state index in [2.05, 4.69) is 28.5 Å². The Morgan fingerprint density at radius 3 is 2.43 bits per heavy atom. The van der Waals surface area contributed by atoms with Crippen LogP contribution in [0.15, 0.2) is 54.7 Å². The normalized spacial score (nSPS) is 10.4. The highest BCUT2D eigenvalue weighted by Gasteiger charge is 2.12.